The Morgan fingerprint density at radius 2 is 1.85 bits per heavy atom. The number of nitrogens with two attached hydrogens (primary N) is 1. The van der Waals surface area contributed by atoms with Crippen LogP contribution in [0.3, 0.4) is 0 Å². The van der Waals surface area contributed by atoms with Crippen LogP contribution in [0, 0.1) is 5.82 Å². The van der Waals surface area contributed by atoms with Crippen molar-refractivity contribution in [2.75, 3.05) is 6.79 Å². The van der Waals surface area contributed by atoms with Crippen LogP contribution in [0.2, 0.25) is 0 Å². The lowest BCUT2D eigenvalue weighted by atomic mass is 10.2. The molecule has 0 aliphatic heterocycles. The van der Waals surface area contributed by atoms with Crippen molar-refractivity contribution in [3.8, 4) is 5.75 Å². The summed E-state index contributed by atoms with van der Waals surface area (Å²) >= 11 is 4.81. The molecular weight excluding hydrogens is 277 g/mol. The van der Waals surface area contributed by atoms with Crippen LogP contribution in [0.1, 0.15) is 11.1 Å². The second-order valence-electron chi connectivity index (χ2n) is 4.07. The molecule has 0 spiro atoms. The molecule has 2 N–H and O–H groups in total. The van der Waals surface area contributed by atoms with Gasteiger partial charge in [0.1, 0.15) is 16.6 Å². The summed E-state index contributed by atoms with van der Waals surface area (Å²) in [5.41, 5.74) is 6.62. The van der Waals surface area contributed by atoms with Gasteiger partial charge in [-0.25, -0.2) is 4.39 Å². The van der Waals surface area contributed by atoms with Gasteiger partial charge < -0.3 is 15.2 Å². The molecule has 5 heteroatoms. The number of hydrogen-bond donors (Lipinski definition) is 1. The fourth-order valence-electron chi connectivity index (χ4n) is 1.70. The van der Waals surface area contributed by atoms with E-state index in [1.54, 1.807) is 6.07 Å². The molecule has 0 saturated heterocycles. The first-order valence-electron chi connectivity index (χ1n) is 6.01. The van der Waals surface area contributed by atoms with E-state index in [0.29, 0.717) is 6.61 Å². The zero-order valence-corrected chi connectivity index (χ0v) is 11.5. The lowest BCUT2D eigenvalue weighted by Gasteiger charge is -2.11. The third-order valence-electron chi connectivity index (χ3n) is 2.63. The Morgan fingerprint density at radius 3 is 2.55 bits per heavy atom. The summed E-state index contributed by atoms with van der Waals surface area (Å²) in [7, 11) is 0. The summed E-state index contributed by atoms with van der Waals surface area (Å²) in [6.07, 6.45) is 0. The Balaban J connectivity index is 1.92. The molecule has 0 amide bonds. The summed E-state index contributed by atoms with van der Waals surface area (Å²) in [5.74, 6) is -0.219. The van der Waals surface area contributed by atoms with Gasteiger partial charge in [-0.2, -0.15) is 0 Å². The summed E-state index contributed by atoms with van der Waals surface area (Å²) in [6.45, 7) is 0.409. The summed E-state index contributed by atoms with van der Waals surface area (Å²) in [4.78, 5) is -0.0406. The van der Waals surface area contributed by atoms with E-state index in [1.165, 1.54) is 12.1 Å². The lowest BCUT2D eigenvalue weighted by molar-refractivity contribution is 0.00481. The van der Waals surface area contributed by atoms with Crippen molar-refractivity contribution in [1.82, 2.24) is 0 Å². The molecule has 0 radical (unpaired) electrons. The number of thiocarbonyl (C=S) groups is 1. The van der Waals surface area contributed by atoms with Gasteiger partial charge in [-0.3, -0.25) is 0 Å². The molecule has 3 nitrogen and oxygen atoms in total. The van der Waals surface area contributed by atoms with Crippen LogP contribution in [-0.2, 0) is 11.3 Å². The number of halogens is 1. The molecule has 0 fully saturated rings. The molecule has 2 rings (SSSR count). The fourth-order valence-corrected chi connectivity index (χ4v) is 1.90. The van der Waals surface area contributed by atoms with E-state index in [1.807, 2.05) is 30.3 Å². The van der Waals surface area contributed by atoms with Crippen molar-refractivity contribution < 1.29 is 13.9 Å². The van der Waals surface area contributed by atoms with Crippen LogP contribution in [-0.4, -0.2) is 11.8 Å². The van der Waals surface area contributed by atoms with Crippen LogP contribution in [0.5, 0.6) is 5.75 Å². The van der Waals surface area contributed by atoms with Gasteiger partial charge in [-0.05, 0) is 17.7 Å². The molecular formula is C15H14FNO2S. The molecule has 2 aromatic rings. The molecule has 0 aliphatic carbocycles. The third kappa shape index (κ3) is 3.76. The minimum atomic E-state index is -0.502. The van der Waals surface area contributed by atoms with Gasteiger partial charge in [-0.15, -0.1) is 0 Å². The highest BCUT2D eigenvalue weighted by molar-refractivity contribution is 7.80. The highest BCUT2D eigenvalue weighted by Gasteiger charge is 2.12. The minimum Gasteiger partial charge on any atom is -0.467 e. The first-order chi connectivity index (χ1) is 9.68. The largest absolute Gasteiger partial charge is 0.467 e. The van der Waals surface area contributed by atoms with Gasteiger partial charge in [0, 0.05) is 0 Å². The van der Waals surface area contributed by atoms with Crippen molar-refractivity contribution in [1.29, 1.82) is 0 Å². The monoisotopic (exact) mass is 291 g/mol. The average molecular weight is 291 g/mol. The number of hydrogen-bond acceptors (Lipinski definition) is 3. The second-order valence-corrected chi connectivity index (χ2v) is 4.51. The lowest BCUT2D eigenvalue weighted by Crippen LogP contribution is -2.15. The average Bonchev–Trinajstić information content (AvgIpc) is 2.44. The zero-order chi connectivity index (χ0) is 14.4. The second kappa shape index (κ2) is 6.98. The topological polar surface area (TPSA) is 44.5 Å². The zero-order valence-electron chi connectivity index (χ0n) is 10.7. The van der Waals surface area contributed by atoms with E-state index in [9.17, 15) is 4.39 Å². The van der Waals surface area contributed by atoms with Gasteiger partial charge in [0.25, 0.3) is 0 Å². The predicted octanol–water partition coefficient (Wildman–Crippen LogP) is 3.01. The molecule has 0 aromatic heterocycles. The Morgan fingerprint density at radius 1 is 1.10 bits per heavy atom. The van der Waals surface area contributed by atoms with E-state index in [-0.39, 0.29) is 23.1 Å². The van der Waals surface area contributed by atoms with E-state index < -0.39 is 5.82 Å². The van der Waals surface area contributed by atoms with Gasteiger partial charge >= 0.3 is 0 Å². The van der Waals surface area contributed by atoms with Crippen molar-refractivity contribution >= 4 is 17.2 Å². The van der Waals surface area contributed by atoms with Crippen LogP contribution >= 0.6 is 12.2 Å². The summed E-state index contributed by atoms with van der Waals surface area (Å²) in [6, 6.07) is 14.1. The van der Waals surface area contributed by atoms with Crippen LogP contribution in [0.4, 0.5) is 4.39 Å². The number of ether oxygens (including phenoxy) is 2. The molecule has 0 atom stereocenters. The normalized spacial score (nSPS) is 10.2. The Kier molecular flexibility index (Phi) is 5.03. The maximum absolute atomic E-state index is 13.6. The number of benzene rings is 2. The maximum Gasteiger partial charge on any atom is 0.189 e. The molecule has 0 saturated carbocycles. The summed E-state index contributed by atoms with van der Waals surface area (Å²) < 4.78 is 24.3. The first kappa shape index (κ1) is 14.4. The van der Waals surface area contributed by atoms with E-state index in [2.05, 4.69) is 0 Å². The standard InChI is InChI=1S/C15H14FNO2S/c16-12-7-4-8-13(14(12)15(17)20)19-10-18-9-11-5-2-1-3-6-11/h1-8H,9-10H2,(H2,17,20). The van der Waals surface area contributed by atoms with Crippen molar-refractivity contribution in [2.24, 2.45) is 5.73 Å². The highest BCUT2D eigenvalue weighted by Crippen LogP contribution is 2.21. The molecule has 104 valence electrons. The van der Waals surface area contributed by atoms with Crippen molar-refractivity contribution in [3.05, 3.63) is 65.5 Å². The summed E-state index contributed by atoms with van der Waals surface area (Å²) in [5, 5.41) is 0. The van der Waals surface area contributed by atoms with Crippen LogP contribution in [0.25, 0.3) is 0 Å². The van der Waals surface area contributed by atoms with Crippen molar-refractivity contribution in [3.63, 3.8) is 0 Å². The molecule has 0 bridgehead atoms. The van der Waals surface area contributed by atoms with Gasteiger partial charge in [0.2, 0.25) is 0 Å². The van der Waals surface area contributed by atoms with Gasteiger partial charge in [0.05, 0.1) is 12.2 Å². The minimum absolute atomic E-state index is 0.00599. The molecule has 0 unspecified atom stereocenters. The van der Waals surface area contributed by atoms with E-state index in [4.69, 9.17) is 27.4 Å². The van der Waals surface area contributed by atoms with Crippen molar-refractivity contribution in [2.45, 2.75) is 6.61 Å². The molecule has 20 heavy (non-hydrogen) atoms. The van der Waals surface area contributed by atoms with Crippen LogP contribution < -0.4 is 10.5 Å². The van der Waals surface area contributed by atoms with E-state index >= 15 is 0 Å². The molecule has 0 heterocycles. The van der Waals surface area contributed by atoms with Gasteiger partial charge in [0.15, 0.2) is 6.79 Å². The smallest absolute Gasteiger partial charge is 0.189 e. The Bertz CT molecular complexity index is 590. The Hall–Kier alpha value is -1.98. The highest BCUT2D eigenvalue weighted by atomic mass is 32.1. The Labute approximate surface area is 122 Å². The maximum atomic E-state index is 13.6. The predicted molar refractivity (Wildman–Crippen MR) is 79.0 cm³/mol. The SMILES string of the molecule is NC(=S)c1c(F)cccc1OCOCc1ccccc1. The van der Waals surface area contributed by atoms with Gasteiger partial charge in [-0.1, -0.05) is 48.6 Å². The van der Waals surface area contributed by atoms with Crippen LogP contribution in [0.15, 0.2) is 48.5 Å². The number of rotatable bonds is 6. The molecule has 0 aliphatic rings. The fraction of sp³-hybridized carbons (Fsp3) is 0.133. The quantitative estimate of drug-likeness (QED) is 0.505. The van der Waals surface area contributed by atoms with E-state index in [0.717, 1.165) is 5.56 Å². The third-order valence-corrected chi connectivity index (χ3v) is 2.84. The first-order valence-corrected chi connectivity index (χ1v) is 6.42. The molecule has 2 aromatic carbocycles.